The Labute approximate surface area is 116 Å². The quantitative estimate of drug-likeness (QED) is 0.727. The molecule has 0 radical (unpaired) electrons. The third kappa shape index (κ3) is 3.69. The molecule has 0 bridgehead atoms. The number of hydrogen-bond donors (Lipinski definition) is 3. The number of hydrogen-bond acceptors (Lipinski definition) is 3. The normalized spacial score (nSPS) is 39.8. The van der Waals surface area contributed by atoms with E-state index in [9.17, 15) is 9.90 Å². The van der Waals surface area contributed by atoms with Crippen LogP contribution in [0.1, 0.15) is 58.3 Å². The maximum atomic E-state index is 12.4. The van der Waals surface area contributed by atoms with Crippen LogP contribution >= 0.6 is 0 Å². The summed E-state index contributed by atoms with van der Waals surface area (Å²) in [5, 5.41) is 12.8. The summed E-state index contributed by atoms with van der Waals surface area (Å²) in [4.78, 5) is 12.4. The smallest absolute Gasteiger partial charge is 0.223 e. The summed E-state index contributed by atoms with van der Waals surface area (Å²) in [5.74, 6) is 0.866. The zero-order valence-electron chi connectivity index (χ0n) is 12.0. The summed E-state index contributed by atoms with van der Waals surface area (Å²) < 4.78 is 0. The lowest BCUT2D eigenvalue weighted by molar-refractivity contribution is -0.129. The molecule has 0 saturated heterocycles. The van der Waals surface area contributed by atoms with E-state index in [1.807, 2.05) is 0 Å². The van der Waals surface area contributed by atoms with E-state index in [4.69, 9.17) is 5.73 Å². The number of nitrogens with two attached hydrogens (primary N) is 1. The van der Waals surface area contributed by atoms with Crippen molar-refractivity contribution in [3.8, 4) is 0 Å². The minimum atomic E-state index is -0.370. The molecule has 1 amide bonds. The molecule has 0 aliphatic heterocycles. The van der Waals surface area contributed by atoms with Crippen LogP contribution in [0.25, 0.3) is 0 Å². The van der Waals surface area contributed by atoms with Crippen molar-refractivity contribution in [1.29, 1.82) is 0 Å². The molecular formula is C15H28N2O2. The fourth-order valence-corrected chi connectivity index (χ4v) is 3.47. The molecule has 4 heteroatoms. The molecule has 0 heterocycles. The number of rotatable bonds is 3. The van der Waals surface area contributed by atoms with Gasteiger partial charge in [0.25, 0.3) is 0 Å². The second kappa shape index (κ2) is 6.23. The molecular weight excluding hydrogens is 240 g/mol. The van der Waals surface area contributed by atoms with Crippen LogP contribution in [0.3, 0.4) is 0 Å². The van der Waals surface area contributed by atoms with Gasteiger partial charge in [-0.25, -0.2) is 0 Å². The number of aliphatic hydroxyl groups is 1. The summed E-state index contributed by atoms with van der Waals surface area (Å²) in [5.41, 5.74) is 5.58. The van der Waals surface area contributed by atoms with Crippen LogP contribution in [0.4, 0.5) is 0 Å². The molecule has 2 aliphatic rings. The molecule has 0 spiro atoms. The van der Waals surface area contributed by atoms with Gasteiger partial charge in [-0.05, 0) is 50.9 Å². The highest BCUT2D eigenvalue weighted by atomic mass is 16.3. The number of carbonyl (C=O) groups excluding carboxylic acids is 1. The lowest BCUT2D eigenvalue weighted by Gasteiger charge is -2.40. The standard InChI is InChI=1S/C15H28N2O2/c1-11-5-7-15(10-18,8-6-11)17-14(19)12-3-2-4-13(16)9-12/h11-13,18H,2-10,16H2,1H3,(H,17,19). The van der Waals surface area contributed by atoms with Crippen LogP contribution in [0.2, 0.25) is 0 Å². The summed E-state index contributed by atoms with van der Waals surface area (Å²) in [6.07, 6.45) is 7.79. The molecule has 110 valence electrons. The second-order valence-electron chi connectivity index (χ2n) is 6.73. The summed E-state index contributed by atoms with van der Waals surface area (Å²) in [7, 11) is 0. The van der Waals surface area contributed by atoms with E-state index < -0.39 is 0 Å². The zero-order chi connectivity index (χ0) is 13.9. The average Bonchev–Trinajstić information content (AvgIpc) is 2.42. The molecule has 4 nitrogen and oxygen atoms in total. The third-order valence-electron chi connectivity index (χ3n) is 5.01. The molecule has 2 atom stereocenters. The van der Waals surface area contributed by atoms with E-state index in [2.05, 4.69) is 12.2 Å². The Balaban J connectivity index is 1.92. The van der Waals surface area contributed by atoms with Gasteiger partial charge < -0.3 is 16.2 Å². The second-order valence-corrected chi connectivity index (χ2v) is 6.73. The highest BCUT2D eigenvalue weighted by Crippen LogP contribution is 2.32. The lowest BCUT2D eigenvalue weighted by atomic mass is 9.76. The predicted octanol–water partition coefficient (Wildman–Crippen LogP) is 1.56. The van der Waals surface area contributed by atoms with Crippen LogP contribution in [0, 0.1) is 11.8 Å². The van der Waals surface area contributed by atoms with E-state index in [0.717, 1.165) is 51.4 Å². The molecule has 0 aromatic rings. The van der Waals surface area contributed by atoms with Gasteiger partial charge in [0, 0.05) is 12.0 Å². The fourth-order valence-electron chi connectivity index (χ4n) is 3.47. The molecule has 2 saturated carbocycles. The largest absolute Gasteiger partial charge is 0.394 e. The first-order valence-electron chi connectivity index (χ1n) is 7.73. The molecule has 2 fully saturated rings. The first-order chi connectivity index (χ1) is 9.04. The highest BCUT2D eigenvalue weighted by molar-refractivity contribution is 5.79. The Morgan fingerprint density at radius 2 is 2.00 bits per heavy atom. The van der Waals surface area contributed by atoms with E-state index in [0.29, 0.717) is 5.92 Å². The van der Waals surface area contributed by atoms with Gasteiger partial charge in [0.2, 0.25) is 5.91 Å². The molecule has 2 rings (SSSR count). The zero-order valence-corrected chi connectivity index (χ0v) is 12.0. The number of amides is 1. The van der Waals surface area contributed by atoms with Gasteiger partial charge >= 0.3 is 0 Å². The van der Waals surface area contributed by atoms with Gasteiger partial charge in [0.1, 0.15) is 0 Å². The van der Waals surface area contributed by atoms with Gasteiger partial charge in [0.15, 0.2) is 0 Å². The van der Waals surface area contributed by atoms with Crippen molar-refractivity contribution in [1.82, 2.24) is 5.32 Å². The molecule has 0 aromatic carbocycles. The minimum Gasteiger partial charge on any atom is -0.394 e. The summed E-state index contributed by atoms with van der Waals surface area (Å²) in [6, 6.07) is 0.168. The van der Waals surface area contributed by atoms with Crippen molar-refractivity contribution >= 4 is 5.91 Å². The van der Waals surface area contributed by atoms with Crippen molar-refractivity contribution in [2.75, 3.05) is 6.61 Å². The molecule has 2 unspecified atom stereocenters. The number of nitrogens with one attached hydrogen (secondary N) is 1. The van der Waals surface area contributed by atoms with Gasteiger partial charge in [-0.2, -0.15) is 0 Å². The van der Waals surface area contributed by atoms with Crippen molar-refractivity contribution in [3.63, 3.8) is 0 Å². The molecule has 0 aromatic heterocycles. The third-order valence-corrected chi connectivity index (χ3v) is 5.01. The Hall–Kier alpha value is -0.610. The van der Waals surface area contributed by atoms with E-state index >= 15 is 0 Å². The number of aliphatic hydroxyl groups excluding tert-OH is 1. The Morgan fingerprint density at radius 3 is 2.58 bits per heavy atom. The molecule has 2 aliphatic carbocycles. The summed E-state index contributed by atoms with van der Waals surface area (Å²) >= 11 is 0. The van der Waals surface area contributed by atoms with E-state index in [-0.39, 0.29) is 30.0 Å². The lowest BCUT2D eigenvalue weighted by Crippen LogP contribution is -2.55. The van der Waals surface area contributed by atoms with Gasteiger partial charge in [0.05, 0.1) is 12.1 Å². The van der Waals surface area contributed by atoms with Crippen LogP contribution in [-0.4, -0.2) is 29.2 Å². The van der Waals surface area contributed by atoms with Crippen molar-refractivity contribution in [2.24, 2.45) is 17.6 Å². The topological polar surface area (TPSA) is 75.3 Å². The monoisotopic (exact) mass is 268 g/mol. The first-order valence-corrected chi connectivity index (χ1v) is 7.73. The maximum absolute atomic E-state index is 12.4. The van der Waals surface area contributed by atoms with Crippen molar-refractivity contribution in [3.05, 3.63) is 0 Å². The van der Waals surface area contributed by atoms with Crippen molar-refractivity contribution < 1.29 is 9.90 Å². The number of carbonyl (C=O) groups is 1. The van der Waals surface area contributed by atoms with Crippen LogP contribution < -0.4 is 11.1 Å². The van der Waals surface area contributed by atoms with Gasteiger partial charge in [-0.15, -0.1) is 0 Å². The predicted molar refractivity (Wildman–Crippen MR) is 75.5 cm³/mol. The van der Waals surface area contributed by atoms with Gasteiger partial charge in [-0.1, -0.05) is 13.3 Å². The van der Waals surface area contributed by atoms with Crippen LogP contribution in [0.15, 0.2) is 0 Å². The Morgan fingerprint density at radius 1 is 1.32 bits per heavy atom. The molecule has 19 heavy (non-hydrogen) atoms. The summed E-state index contributed by atoms with van der Waals surface area (Å²) in [6.45, 7) is 2.30. The maximum Gasteiger partial charge on any atom is 0.223 e. The average molecular weight is 268 g/mol. The fraction of sp³-hybridized carbons (Fsp3) is 0.933. The van der Waals surface area contributed by atoms with E-state index in [1.54, 1.807) is 0 Å². The Bertz CT molecular complexity index is 311. The highest BCUT2D eigenvalue weighted by Gasteiger charge is 2.37. The minimum absolute atomic E-state index is 0.0477. The Kier molecular flexibility index (Phi) is 4.85. The van der Waals surface area contributed by atoms with Crippen molar-refractivity contribution in [2.45, 2.75) is 69.9 Å². The van der Waals surface area contributed by atoms with Gasteiger partial charge in [-0.3, -0.25) is 4.79 Å². The van der Waals surface area contributed by atoms with E-state index in [1.165, 1.54) is 0 Å². The van der Waals surface area contributed by atoms with Crippen LogP contribution in [0.5, 0.6) is 0 Å². The first kappa shape index (κ1) is 14.8. The van der Waals surface area contributed by atoms with Crippen LogP contribution in [-0.2, 0) is 4.79 Å². The SMILES string of the molecule is CC1CCC(CO)(NC(=O)C2CCCC(N)C2)CC1. The molecule has 4 N–H and O–H groups in total.